The second-order valence-electron chi connectivity index (χ2n) is 8.73. The first-order valence-corrected chi connectivity index (χ1v) is 10.1. The van der Waals surface area contributed by atoms with Crippen molar-refractivity contribution >= 4 is 10.9 Å². The highest BCUT2D eigenvalue weighted by Crippen LogP contribution is 2.72. The van der Waals surface area contributed by atoms with Crippen molar-refractivity contribution < 1.29 is 5.11 Å². The van der Waals surface area contributed by atoms with Gasteiger partial charge in [0, 0.05) is 59.0 Å². The van der Waals surface area contributed by atoms with E-state index in [0.29, 0.717) is 5.92 Å². The van der Waals surface area contributed by atoms with Crippen LogP contribution in [0.5, 0.6) is 0 Å². The van der Waals surface area contributed by atoms with Crippen LogP contribution in [0.4, 0.5) is 0 Å². The predicted octanol–water partition coefficient (Wildman–Crippen LogP) is 3.26. The van der Waals surface area contributed by atoms with Gasteiger partial charge in [0.05, 0.1) is 5.60 Å². The third-order valence-electron chi connectivity index (χ3n) is 7.46. The van der Waals surface area contributed by atoms with Crippen molar-refractivity contribution in [2.24, 2.45) is 5.41 Å². The molecule has 3 aliphatic rings. The molecule has 0 bridgehead atoms. The first kappa shape index (κ1) is 15.8. The Labute approximate surface area is 159 Å². The normalized spacial score (nSPS) is 31.7. The summed E-state index contributed by atoms with van der Waals surface area (Å²) in [5.74, 6) is 0.349. The Kier molecular flexibility index (Phi) is 3.06. The first-order chi connectivity index (χ1) is 13.1. The zero-order valence-corrected chi connectivity index (χ0v) is 15.7. The molecule has 6 rings (SSSR count). The maximum atomic E-state index is 11.7. The average Bonchev–Trinajstić information content (AvgIpc) is 3.26. The topological polar surface area (TPSA) is 50.1 Å². The van der Waals surface area contributed by atoms with Crippen LogP contribution >= 0.6 is 0 Å². The summed E-state index contributed by atoms with van der Waals surface area (Å²) in [7, 11) is 0. The van der Waals surface area contributed by atoms with Gasteiger partial charge in [-0.2, -0.15) is 0 Å². The van der Waals surface area contributed by atoms with Crippen LogP contribution < -0.4 is 5.32 Å². The third kappa shape index (κ3) is 1.92. The minimum absolute atomic E-state index is 0.0679. The molecule has 3 unspecified atom stereocenters. The van der Waals surface area contributed by atoms with Crippen molar-refractivity contribution in [3.63, 3.8) is 0 Å². The van der Waals surface area contributed by atoms with E-state index in [1.54, 1.807) is 6.20 Å². The summed E-state index contributed by atoms with van der Waals surface area (Å²) in [6.45, 7) is 5.13. The van der Waals surface area contributed by atoms with Gasteiger partial charge in [-0.25, -0.2) is 0 Å². The number of nitrogens with one attached hydrogen (secondary N) is 1. The highest BCUT2D eigenvalue weighted by atomic mass is 16.3. The lowest BCUT2D eigenvalue weighted by Crippen LogP contribution is -2.37. The molecule has 3 aromatic rings. The maximum Gasteiger partial charge on any atom is 0.0982 e. The number of benzene rings is 1. The van der Waals surface area contributed by atoms with Gasteiger partial charge in [-0.3, -0.25) is 4.98 Å². The van der Waals surface area contributed by atoms with E-state index in [2.05, 4.69) is 40.0 Å². The van der Waals surface area contributed by atoms with Gasteiger partial charge in [0.25, 0.3) is 0 Å². The van der Waals surface area contributed by atoms with Crippen molar-refractivity contribution in [3.05, 3.63) is 65.1 Å². The van der Waals surface area contributed by atoms with Crippen molar-refractivity contribution in [2.75, 3.05) is 13.1 Å². The second kappa shape index (κ2) is 5.21. The lowest BCUT2D eigenvalue weighted by molar-refractivity contribution is 0.0681. The van der Waals surface area contributed by atoms with Crippen molar-refractivity contribution in [3.8, 4) is 0 Å². The van der Waals surface area contributed by atoms with Gasteiger partial charge in [-0.1, -0.05) is 17.7 Å². The van der Waals surface area contributed by atoms with Gasteiger partial charge in [-0.05, 0) is 56.5 Å². The van der Waals surface area contributed by atoms with Gasteiger partial charge >= 0.3 is 0 Å². The summed E-state index contributed by atoms with van der Waals surface area (Å²) in [6, 6.07) is 10.9. The standard InChI is InChI=1S/C23H25N3O/c1-15-4-5-20-18(11-15)17-6-9-25-13-19-21(17)26(20)10-7-22(19)14-23(22,27)16-3-2-8-24-12-16/h2-5,8,11-12,19,25,27H,6-7,9-10,13-14H2,1H3. The molecule has 1 saturated carbocycles. The molecule has 1 spiro atoms. The molecule has 2 aromatic heterocycles. The van der Waals surface area contributed by atoms with Crippen LogP contribution in [-0.4, -0.2) is 27.7 Å². The fraction of sp³-hybridized carbons (Fsp3) is 0.435. The minimum Gasteiger partial charge on any atom is -0.384 e. The summed E-state index contributed by atoms with van der Waals surface area (Å²) >= 11 is 0. The predicted molar refractivity (Wildman–Crippen MR) is 106 cm³/mol. The van der Waals surface area contributed by atoms with Crippen LogP contribution in [0.1, 0.15) is 41.1 Å². The molecular weight excluding hydrogens is 334 g/mol. The number of nitrogens with zero attached hydrogens (tertiary/aromatic N) is 2. The van der Waals surface area contributed by atoms with Crippen molar-refractivity contribution in [1.82, 2.24) is 14.9 Å². The van der Waals surface area contributed by atoms with E-state index in [1.165, 1.54) is 27.7 Å². The van der Waals surface area contributed by atoms with E-state index >= 15 is 0 Å². The number of aliphatic hydroxyl groups is 1. The summed E-state index contributed by atoms with van der Waals surface area (Å²) in [5.41, 5.74) is 5.85. The zero-order valence-electron chi connectivity index (χ0n) is 15.7. The van der Waals surface area contributed by atoms with Gasteiger partial charge in [0.1, 0.15) is 0 Å². The van der Waals surface area contributed by atoms with Gasteiger partial charge in [0.15, 0.2) is 0 Å². The number of hydrogen-bond donors (Lipinski definition) is 2. The lowest BCUT2D eigenvalue weighted by atomic mass is 9.76. The lowest BCUT2D eigenvalue weighted by Gasteiger charge is -2.36. The smallest absolute Gasteiger partial charge is 0.0982 e. The van der Waals surface area contributed by atoms with Crippen molar-refractivity contribution in [2.45, 2.75) is 44.2 Å². The fourth-order valence-electron chi connectivity index (χ4n) is 6.07. The number of fused-ring (bicyclic) bond motifs is 4. The van der Waals surface area contributed by atoms with Gasteiger partial charge < -0.3 is 15.0 Å². The monoisotopic (exact) mass is 359 g/mol. The molecule has 1 fully saturated rings. The van der Waals surface area contributed by atoms with E-state index in [0.717, 1.165) is 44.5 Å². The molecular formula is C23H25N3O. The molecule has 4 heterocycles. The average molecular weight is 359 g/mol. The van der Waals surface area contributed by atoms with Crippen LogP contribution in [0.25, 0.3) is 10.9 Å². The Balaban J connectivity index is 1.55. The van der Waals surface area contributed by atoms with Crippen LogP contribution in [0.2, 0.25) is 0 Å². The number of pyridine rings is 1. The van der Waals surface area contributed by atoms with E-state index in [-0.39, 0.29) is 5.41 Å². The maximum absolute atomic E-state index is 11.7. The molecule has 3 atom stereocenters. The number of aryl methyl sites for hydroxylation is 2. The fourth-order valence-corrected chi connectivity index (χ4v) is 6.07. The van der Waals surface area contributed by atoms with Crippen LogP contribution in [0.3, 0.4) is 0 Å². The third-order valence-corrected chi connectivity index (χ3v) is 7.46. The van der Waals surface area contributed by atoms with Gasteiger partial charge in [-0.15, -0.1) is 0 Å². The summed E-state index contributed by atoms with van der Waals surface area (Å²) < 4.78 is 2.55. The van der Waals surface area contributed by atoms with E-state index in [9.17, 15) is 5.11 Å². The van der Waals surface area contributed by atoms with Crippen molar-refractivity contribution in [1.29, 1.82) is 0 Å². The summed E-state index contributed by atoms with van der Waals surface area (Å²) in [5, 5.41) is 16.7. The Morgan fingerprint density at radius 2 is 2.22 bits per heavy atom. The number of aromatic nitrogens is 2. The Morgan fingerprint density at radius 1 is 1.30 bits per heavy atom. The molecule has 4 nitrogen and oxygen atoms in total. The Hall–Kier alpha value is -2.17. The number of rotatable bonds is 1. The van der Waals surface area contributed by atoms with Crippen LogP contribution in [0.15, 0.2) is 42.7 Å². The molecule has 1 aliphatic carbocycles. The SMILES string of the molecule is Cc1ccc2c(c1)c1c3n2CCC2(CC2(O)c2cccnc2)C3CNCC1. The highest BCUT2D eigenvalue weighted by Gasteiger charge is 2.72. The van der Waals surface area contributed by atoms with E-state index in [1.807, 2.05) is 18.3 Å². The molecule has 0 amide bonds. The molecule has 4 heteroatoms. The van der Waals surface area contributed by atoms with Gasteiger partial charge in [0.2, 0.25) is 0 Å². The highest BCUT2D eigenvalue weighted by molar-refractivity contribution is 5.87. The molecule has 2 N–H and O–H groups in total. The van der Waals surface area contributed by atoms with Crippen LogP contribution in [0, 0.1) is 12.3 Å². The molecule has 0 saturated heterocycles. The Bertz CT molecular complexity index is 1060. The molecule has 1 aromatic carbocycles. The molecule has 27 heavy (non-hydrogen) atoms. The Morgan fingerprint density at radius 3 is 3.07 bits per heavy atom. The van der Waals surface area contributed by atoms with E-state index < -0.39 is 5.60 Å². The largest absolute Gasteiger partial charge is 0.384 e. The molecule has 138 valence electrons. The summed E-state index contributed by atoms with van der Waals surface area (Å²) in [4.78, 5) is 4.28. The molecule has 0 radical (unpaired) electrons. The minimum atomic E-state index is -0.743. The second-order valence-corrected chi connectivity index (χ2v) is 8.73. The quantitative estimate of drug-likeness (QED) is 0.701. The summed E-state index contributed by atoms with van der Waals surface area (Å²) in [6.07, 6.45) is 6.58. The van der Waals surface area contributed by atoms with E-state index in [4.69, 9.17) is 0 Å². The molecule has 2 aliphatic heterocycles. The zero-order chi connectivity index (χ0) is 18.2. The van der Waals surface area contributed by atoms with Crippen LogP contribution in [-0.2, 0) is 18.6 Å². The first-order valence-electron chi connectivity index (χ1n) is 10.1. The number of hydrogen-bond acceptors (Lipinski definition) is 3.